The van der Waals surface area contributed by atoms with Crippen molar-refractivity contribution in [3.05, 3.63) is 33.3 Å². The summed E-state index contributed by atoms with van der Waals surface area (Å²) in [7, 11) is -3.91. The van der Waals surface area contributed by atoms with Crippen molar-refractivity contribution in [2.45, 2.75) is 10.9 Å². The maximum Gasteiger partial charge on any atom is 0.290 e. The predicted molar refractivity (Wildman–Crippen MR) is 72.1 cm³/mol. The molecule has 2 atom stereocenters. The molecule has 1 aromatic rings. The van der Waals surface area contributed by atoms with E-state index in [0.29, 0.717) is 0 Å². The molecule has 1 aliphatic heterocycles. The maximum absolute atomic E-state index is 12.3. The van der Waals surface area contributed by atoms with Gasteiger partial charge in [-0.05, 0) is 37.1 Å². The lowest BCUT2D eigenvalue weighted by Gasteiger charge is -2.09. The van der Waals surface area contributed by atoms with Crippen LogP contribution in [0.15, 0.2) is 23.1 Å². The van der Waals surface area contributed by atoms with Gasteiger partial charge >= 0.3 is 0 Å². The largest absolute Gasteiger partial charge is 0.316 e. The molecule has 20 heavy (non-hydrogen) atoms. The summed E-state index contributed by atoms with van der Waals surface area (Å²) >= 11 is 5.68. The van der Waals surface area contributed by atoms with Crippen molar-refractivity contribution in [2.24, 2.45) is 11.8 Å². The van der Waals surface area contributed by atoms with Crippen LogP contribution in [-0.2, 0) is 10.0 Å². The average Bonchev–Trinajstić information content (AvgIpc) is 2.82. The molecular weight excluding hydrogens is 306 g/mol. The van der Waals surface area contributed by atoms with E-state index in [1.807, 2.05) is 0 Å². The SMILES string of the molecule is O=[N+]([O-])c1cc(Cl)ccc1S(=O)(=O)NC1C2CNCC21. The number of nitrogens with one attached hydrogen (secondary N) is 2. The second-order valence-electron chi connectivity index (χ2n) is 5.00. The van der Waals surface area contributed by atoms with Gasteiger partial charge in [0.05, 0.1) is 4.92 Å². The number of rotatable bonds is 4. The first-order chi connectivity index (χ1) is 9.40. The van der Waals surface area contributed by atoms with Crippen molar-refractivity contribution in [1.82, 2.24) is 10.0 Å². The quantitative estimate of drug-likeness (QED) is 0.630. The zero-order valence-electron chi connectivity index (χ0n) is 10.2. The van der Waals surface area contributed by atoms with E-state index in [0.717, 1.165) is 19.2 Å². The van der Waals surface area contributed by atoms with E-state index in [-0.39, 0.29) is 27.8 Å². The van der Waals surface area contributed by atoms with Gasteiger partial charge in [-0.15, -0.1) is 0 Å². The number of nitrogens with zero attached hydrogens (tertiary/aromatic N) is 1. The highest BCUT2D eigenvalue weighted by molar-refractivity contribution is 7.89. The highest BCUT2D eigenvalue weighted by atomic mass is 35.5. The zero-order valence-corrected chi connectivity index (χ0v) is 11.8. The Kier molecular flexibility index (Phi) is 3.20. The van der Waals surface area contributed by atoms with E-state index < -0.39 is 20.6 Å². The summed E-state index contributed by atoms with van der Waals surface area (Å²) in [5.41, 5.74) is -0.506. The van der Waals surface area contributed by atoms with Crippen molar-refractivity contribution in [1.29, 1.82) is 0 Å². The first-order valence-corrected chi connectivity index (χ1v) is 7.93. The van der Waals surface area contributed by atoms with Gasteiger partial charge in [-0.25, -0.2) is 13.1 Å². The van der Waals surface area contributed by atoms with Gasteiger partial charge in [0.2, 0.25) is 10.0 Å². The minimum atomic E-state index is -3.91. The third-order valence-corrected chi connectivity index (χ3v) is 5.53. The van der Waals surface area contributed by atoms with Crippen molar-refractivity contribution >= 4 is 27.3 Å². The fourth-order valence-electron chi connectivity index (χ4n) is 2.70. The molecule has 1 saturated carbocycles. The smallest absolute Gasteiger partial charge is 0.290 e. The molecule has 0 aromatic heterocycles. The van der Waals surface area contributed by atoms with Gasteiger partial charge < -0.3 is 5.32 Å². The number of sulfonamides is 1. The van der Waals surface area contributed by atoms with Crippen LogP contribution in [0.5, 0.6) is 0 Å². The number of benzene rings is 1. The summed E-state index contributed by atoms with van der Waals surface area (Å²) in [6, 6.07) is 3.42. The molecule has 108 valence electrons. The third kappa shape index (κ3) is 2.28. The number of nitro groups is 1. The Morgan fingerprint density at radius 2 is 2.00 bits per heavy atom. The molecule has 1 heterocycles. The highest BCUT2D eigenvalue weighted by Gasteiger charge is 2.54. The second kappa shape index (κ2) is 4.66. The van der Waals surface area contributed by atoms with Gasteiger partial charge in [0.1, 0.15) is 0 Å². The summed E-state index contributed by atoms with van der Waals surface area (Å²) in [6.07, 6.45) is 0. The van der Waals surface area contributed by atoms with Crippen LogP contribution in [-0.4, -0.2) is 32.5 Å². The van der Waals surface area contributed by atoms with Crippen LogP contribution in [0.1, 0.15) is 0 Å². The van der Waals surface area contributed by atoms with Crippen LogP contribution in [0.4, 0.5) is 5.69 Å². The van der Waals surface area contributed by atoms with Crippen LogP contribution < -0.4 is 10.0 Å². The lowest BCUT2D eigenvalue weighted by atomic mass is 10.3. The first kappa shape index (κ1) is 13.7. The molecular formula is C11H12ClN3O4S. The molecule has 0 spiro atoms. The molecule has 0 radical (unpaired) electrons. The molecule has 1 aliphatic carbocycles. The van der Waals surface area contributed by atoms with Gasteiger partial charge in [0, 0.05) is 17.1 Å². The summed E-state index contributed by atoms with van der Waals surface area (Å²) in [6.45, 7) is 1.56. The van der Waals surface area contributed by atoms with Crippen molar-refractivity contribution in [3.8, 4) is 0 Å². The van der Waals surface area contributed by atoms with Gasteiger partial charge in [0.25, 0.3) is 5.69 Å². The van der Waals surface area contributed by atoms with Gasteiger partial charge in [-0.2, -0.15) is 0 Å². The van der Waals surface area contributed by atoms with E-state index in [1.54, 1.807) is 0 Å². The highest BCUT2D eigenvalue weighted by Crippen LogP contribution is 2.42. The number of halogens is 1. The summed E-state index contributed by atoms with van der Waals surface area (Å²) in [4.78, 5) is 9.88. The first-order valence-electron chi connectivity index (χ1n) is 6.07. The van der Waals surface area contributed by atoms with Crippen LogP contribution >= 0.6 is 11.6 Å². The Morgan fingerprint density at radius 3 is 2.60 bits per heavy atom. The van der Waals surface area contributed by atoms with Crippen molar-refractivity contribution in [3.63, 3.8) is 0 Å². The molecule has 1 saturated heterocycles. The number of hydrogen-bond donors (Lipinski definition) is 2. The standard InChI is InChI=1S/C11H12ClN3O4S/c12-6-1-2-10(9(3-6)15(16)17)20(18,19)14-11-7-4-13-5-8(7)11/h1-3,7-8,11,13-14H,4-5H2. The molecule has 2 aliphatic rings. The van der Waals surface area contributed by atoms with Crippen LogP contribution in [0.2, 0.25) is 5.02 Å². The molecule has 0 amide bonds. The molecule has 1 aromatic carbocycles. The lowest BCUT2D eigenvalue weighted by Crippen LogP contribution is -2.32. The molecule has 3 rings (SSSR count). The topological polar surface area (TPSA) is 101 Å². The fourth-order valence-corrected chi connectivity index (χ4v) is 4.35. The monoisotopic (exact) mass is 317 g/mol. The van der Waals surface area contributed by atoms with Crippen LogP contribution in [0.3, 0.4) is 0 Å². The Bertz CT molecular complexity index is 668. The van der Waals surface area contributed by atoms with Crippen LogP contribution in [0, 0.1) is 22.0 Å². The van der Waals surface area contributed by atoms with Gasteiger partial charge in [0.15, 0.2) is 4.90 Å². The maximum atomic E-state index is 12.3. The Morgan fingerprint density at radius 1 is 1.35 bits per heavy atom. The van der Waals surface area contributed by atoms with E-state index in [4.69, 9.17) is 11.6 Å². The summed E-state index contributed by atoms with van der Waals surface area (Å²) in [5.74, 6) is 0.576. The second-order valence-corrected chi connectivity index (χ2v) is 7.12. The molecule has 9 heteroatoms. The zero-order chi connectivity index (χ0) is 14.5. The van der Waals surface area contributed by atoms with E-state index in [9.17, 15) is 18.5 Å². The average molecular weight is 318 g/mol. The van der Waals surface area contributed by atoms with E-state index >= 15 is 0 Å². The van der Waals surface area contributed by atoms with Gasteiger partial charge in [-0.3, -0.25) is 10.1 Å². The number of nitro benzene ring substituents is 1. The Labute approximate surface area is 120 Å². The summed E-state index contributed by atoms with van der Waals surface area (Å²) < 4.78 is 27.1. The Balaban J connectivity index is 1.89. The minimum Gasteiger partial charge on any atom is -0.316 e. The Hall–Kier alpha value is -1.22. The van der Waals surface area contributed by atoms with Crippen LogP contribution in [0.25, 0.3) is 0 Å². The molecule has 2 fully saturated rings. The number of fused-ring (bicyclic) bond motifs is 1. The van der Waals surface area contributed by atoms with Crippen molar-refractivity contribution < 1.29 is 13.3 Å². The molecule has 7 nitrogen and oxygen atoms in total. The van der Waals surface area contributed by atoms with E-state index in [2.05, 4.69) is 10.0 Å². The van der Waals surface area contributed by atoms with Crippen molar-refractivity contribution in [2.75, 3.05) is 13.1 Å². The molecule has 2 N–H and O–H groups in total. The number of hydrogen-bond acceptors (Lipinski definition) is 5. The molecule has 0 bridgehead atoms. The predicted octanol–water partition coefficient (Wildman–Crippen LogP) is 0.744. The third-order valence-electron chi connectivity index (χ3n) is 3.79. The van der Waals surface area contributed by atoms with E-state index in [1.165, 1.54) is 12.1 Å². The summed E-state index contributed by atoms with van der Waals surface area (Å²) in [5, 5.41) is 14.2. The normalized spacial score (nSPS) is 28.1. The minimum absolute atomic E-state index is 0.128. The fraction of sp³-hybridized carbons (Fsp3) is 0.455. The number of piperidine rings is 1. The lowest BCUT2D eigenvalue weighted by molar-refractivity contribution is -0.387. The van der Waals surface area contributed by atoms with Gasteiger partial charge in [-0.1, -0.05) is 11.6 Å². The molecule has 2 unspecified atom stereocenters.